The van der Waals surface area contributed by atoms with Crippen LogP contribution in [0.3, 0.4) is 0 Å². The maximum Gasteiger partial charge on any atom is 0.133 e. The lowest BCUT2D eigenvalue weighted by Gasteiger charge is -2.42. The third kappa shape index (κ3) is 3.71. The predicted octanol–water partition coefficient (Wildman–Crippen LogP) is 1.64. The van der Waals surface area contributed by atoms with Gasteiger partial charge >= 0.3 is 0 Å². The Kier molecular flexibility index (Phi) is 3.88. The molecule has 1 saturated carbocycles. The van der Waals surface area contributed by atoms with Crippen molar-refractivity contribution in [1.82, 2.24) is 14.9 Å². The number of hydrogen-bond acceptors (Lipinski definition) is 5. The molecule has 0 bridgehead atoms. The van der Waals surface area contributed by atoms with Crippen LogP contribution in [-0.4, -0.2) is 57.8 Å². The van der Waals surface area contributed by atoms with Crippen LogP contribution < -0.4 is 4.90 Å². The standard InChI is InChI=1S/C16H26N4O/c1-12-10-19(11-16(2,3)21)8-9-20(12)14-6-7-17-15(18-14)13-4-5-13/h6-7,12-13,21H,4-5,8-11H2,1-3H3. The fourth-order valence-corrected chi connectivity index (χ4v) is 3.13. The van der Waals surface area contributed by atoms with Crippen molar-refractivity contribution >= 4 is 5.82 Å². The molecule has 2 aliphatic rings. The number of nitrogens with zero attached hydrogens (tertiary/aromatic N) is 4. The zero-order valence-corrected chi connectivity index (χ0v) is 13.3. The first-order valence-corrected chi connectivity index (χ1v) is 7.97. The molecule has 0 aromatic carbocycles. The zero-order valence-electron chi connectivity index (χ0n) is 13.3. The van der Waals surface area contributed by atoms with Gasteiger partial charge in [-0.2, -0.15) is 0 Å². The number of piperazine rings is 1. The monoisotopic (exact) mass is 290 g/mol. The number of aliphatic hydroxyl groups is 1. The van der Waals surface area contributed by atoms with E-state index in [1.807, 2.05) is 26.1 Å². The normalized spacial score (nSPS) is 24.4. The van der Waals surface area contributed by atoms with Crippen molar-refractivity contribution in [3.63, 3.8) is 0 Å². The van der Waals surface area contributed by atoms with E-state index in [1.165, 1.54) is 12.8 Å². The van der Waals surface area contributed by atoms with Gasteiger partial charge in [0.2, 0.25) is 0 Å². The van der Waals surface area contributed by atoms with Gasteiger partial charge < -0.3 is 10.0 Å². The van der Waals surface area contributed by atoms with E-state index in [0.29, 0.717) is 12.0 Å². The fraction of sp³-hybridized carbons (Fsp3) is 0.750. The van der Waals surface area contributed by atoms with Gasteiger partial charge in [-0.25, -0.2) is 9.97 Å². The topological polar surface area (TPSA) is 52.5 Å². The van der Waals surface area contributed by atoms with Crippen LogP contribution in [0.5, 0.6) is 0 Å². The van der Waals surface area contributed by atoms with E-state index in [0.717, 1.165) is 37.8 Å². The van der Waals surface area contributed by atoms with Crippen LogP contribution in [0.2, 0.25) is 0 Å². The molecule has 0 spiro atoms. The molecule has 3 rings (SSSR count). The van der Waals surface area contributed by atoms with Gasteiger partial charge in [0.1, 0.15) is 11.6 Å². The van der Waals surface area contributed by atoms with Crippen molar-refractivity contribution in [2.24, 2.45) is 0 Å². The first-order chi connectivity index (χ1) is 9.92. The van der Waals surface area contributed by atoms with Crippen molar-refractivity contribution in [3.05, 3.63) is 18.1 Å². The van der Waals surface area contributed by atoms with Crippen molar-refractivity contribution < 1.29 is 5.11 Å². The predicted molar refractivity (Wildman–Crippen MR) is 83.6 cm³/mol. The summed E-state index contributed by atoms with van der Waals surface area (Å²) in [4.78, 5) is 13.9. The second kappa shape index (κ2) is 5.54. The van der Waals surface area contributed by atoms with Crippen LogP contribution in [0.4, 0.5) is 5.82 Å². The molecule has 1 aromatic heterocycles. The van der Waals surface area contributed by atoms with E-state index in [4.69, 9.17) is 4.98 Å². The van der Waals surface area contributed by atoms with Crippen LogP contribution in [0.25, 0.3) is 0 Å². The van der Waals surface area contributed by atoms with E-state index < -0.39 is 5.60 Å². The molecule has 0 amide bonds. The zero-order chi connectivity index (χ0) is 15.0. The molecule has 1 aromatic rings. The summed E-state index contributed by atoms with van der Waals surface area (Å²) in [6.07, 6.45) is 4.36. The first-order valence-electron chi connectivity index (χ1n) is 7.97. The van der Waals surface area contributed by atoms with Gasteiger partial charge in [-0.15, -0.1) is 0 Å². The third-order valence-electron chi connectivity index (χ3n) is 4.22. The van der Waals surface area contributed by atoms with E-state index in [-0.39, 0.29) is 0 Å². The third-order valence-corrected chi connectivity index (χ3v) is 4.22. The highest BCUT2D eigenvalue weighted by molar-refractivity contribution is 5.40. The summed E-state index contributed by atoms with van der Waals surface area (Å²) in [6.45, 7) is 9.59. The summed E-state index contributed by atoms with van der Waals surface area (Å²) >= 11 is 0. The van der Waals surface area contributed by atoms with E-state index >= 15 is 0 Å². The van der Waals surface area contributed by atoms with Gasteiger partial charge in [0.05, 0.1) is 5.60 Å². The van der Waals surface area contributed by atoms with Crippen LogP contribution in [0.1, 0.15) is 45.4 Å². The SMILES string of the molecule is CC1CN(CC(C)(C)O)CCN1c1ccnc(C2CC2)n1. The number of rotatable bonds is 4. The van der Waals surface area contributed by atoms with Gasteiger partial charge in [-0.3, -0.25) is 4.90 Å². The average Bonchev–Trinajstić information content (AvgIpc) is 3.21. The van der Waals surface area contributed by atoms with Crippen molar-refractivity contribution in [2.75, 3.05) is 31.1 Å². The molecule has 1 unspecified atom stereocenters. The summed E-state index contributed by atoms with van der Waals surface area (Å²) in [5.74, 6) is 2.66. The summed E-state index contributed by atoms with van der Waals surface area (Å²) in [6, 6.07) is 2.43. The second-order valence-corrected chi connectivity index (χ2v) is 7.14. The first kappa shape index (κ1) is 14.7. The number of β-amino-alcohol motifs (C(OH)–C–C–N with tert-alkyl or cyclic N) is 1. The van der Waals surface area contributed by atoms with Gasteiger partial charge in [-0.05, 0) is 39.7 Å². The molecule has 0 radical (unpaired) electrons. The molecule has 2 heterocycles. The molecule has 116 valence electrons. The Hall–Kier alpha value is -1.20. The minimum Gasteiger partial charge on any atom is -0.389 e. The minimum atomic E-state index is -0.629. The lowest BCUT2D eigenvalue weighted by Crippen LogP contribution is -2.55. The maximum atomic E-state index is 9.97. The van der Waals surface area contributed by atoms with Gasteiger partial charge in [0, 0.05) is 44.3 Å². The van der Waals surface area contributed by atoms with Crippen LogP contribution in [-0.2, 0) is 0 Å². The molecule has 2 fully saturated rings. The number of anilines is 1. The molecular formula is C16H26N4O. The van der Waals surface area contributed by atoms with Crippen LogP contribution in [0.15, 0.2) is 12.3 Å². The Balaban J connectivity index is 1.66. The van der Waals surface area contributed by atoms with Crippen molar-refractivity contribution in [3.8, 4) is 0 Å². The highest BCUT2D eigenvalue weighted by Gasteiger charge is 2.30. The average molecular weight is 290 g/mol. The fourth-order valence-electron chi connectivity index (χ4n) is 3.13. The molecule has 1 saturated heterocycles. The van der Waals surface area contributed by atoms with Crippen LogP contribution in [0, 0.1) is 0 Å². The Bertz CT molecular complexity index is 495. The van der Waals surface area contributed by atoms with Gasteiger partial charge in [0.15, 0.2) is 0 Å². The number of hydrogen-bond donors (Lipinski definition) is 1. The summed E-state index contributed by atoms with van der Waals surface area (Å²) < 4.78 is 0. The Labute approximate surface area is 127 Å². The summed E-state index contributed by atoms with van der Waals surface area (Å²) in [5.41, 5.74) is -0.629. The molecule has 1 N–H and O–H groups in total. The summed E-state index contributed by atoms with van der Waals surface area (Å²) in [5, 5.41) is 9.97. The van der Waals surface area contributed by atoms with Crippen molar-refractivity contribution in [2.45, 2.75) is 51.2 Å². The second-order valence-electron chi connectivity index (χ2n) is 7.14. The van der Waals surface area contributed by atoms with E-state index in [1.54, 1.807) is 0 Å². The maximum absolute atomic E-state index is 9.97. The van der Waals surface area contributed by atoms with Gasteiger partial charge in [0.25, 0.3) is 0 Å². The van der Waals surface area contributed by atoms with Gasteiger partial charge in [-0.1, -0.05) is 0 Å². The molecule has 5 heteroatoms. The molecule has 1 aliphatic carbocycles. The van der Waals surface area contributed by atoms with E-state index in [2.05, 4.69) is 21.7 Å². The van der Waals surface area contributed by atoms with Crippen molar-refractivity contribution in [1.29, 1.82) is 0 Å². The Morgan fingerprint density at radius 1 is 1.33 bits per heavy atom. The molecule has 1 atom stereocenters. The Morgan fingerprint density at radius 3 is 2.71 bits per heavy atom. The van der Waals surface area contributed by atoms with E-state index in [9.17, 15) is 5.11 Å². The smallest absolute Gasteiger partial charge is 0.133 e. The highest BCUT2D eigenvalue weighted by atomic mass is 16.3. The number of aromatic nitrogens is 2. The summed E-state index contributed by atoms with van der Waals surface area (Å²) in [7, 11) is 0. The Morgan fingerprint density at radius 2 is 2.10 bits per heavy atom. The molecule has 1 aliphatic heterocycles. The molecule has 21 heavy (non-hydrogen) atoms. The largest absolute Gasteiger partial charge is 0.389 e. The lowest BCUT2D eigenvalue weighted by molar-refractivity contribution is 0.0307. The minimum absolute atomic E-state index is 0.406. The van der Waals surface area contributed by atoms with Crippen LogP contribution >= 0.6 is 0 Å². The molecule has 5 nitrogen and oxygen atoms in total. The highest BCUT2D eigenvalue weighted by Crippen LogP contribution is 2.38. The molecular weight excluding hydrogens is 264 g/mol. The quantitative estimate of drug-likeness (QED) is 0.913. The lowest BCUT2D eigenvalue weighted by atomic mass is 10.1.